The van der Waals surface area contributed by atoms with E-state index < -0.39 is 12.2 Å². The van der Waals surface area contributed by atoms with Crippen molar-refractivity contribution >= 4 is 5.69 Å². The van der Waals surface area contributed by atoms with Gasteiger partial charge in [0.25, 0.3) is 0 Å². The van der Waals surface area contributed by atoms with Crippen molar-refractivity contribution in [2.45, 2.75) is 39.0 Å². The van der Waals surface area contributed by atoms with Gasteiger partial charge in [-0.05, 0) is 54.7 Å². The molecule has 1 heterocycles. The molecule has 2 aromatic rings. The lowest BCUT2D eigenvalue weighted by atomic mass is 9.89. The summed E-state index contributed by atoms with van der Waals surface area (Å²) >= 11 is 0. The molecule has 3 rings (SSSR count). The van der Waals surface area contributed by atoms with Crippen LogP contribution in [-0.2, 0) is 0 Å². The van der Waals surface area contributed by atoms with Gasteiger partial charge in [0.05, 0.1) is 17.3 Å². The number of benzene rings is 2. The molecule has 3 nitrogen and oxygen atoms in total. The number of nitrogens with zero attached hydrogens (tertiary/aromatic N) is 2. The Kier molecular flexibility index (Phi) is 7.27. The highest BCUT2D eigenvalue weighted by atomic mass is 19.4. The highest BCUT2D eigenvalue weighted by Crippen LogP contribution is 2.33. The smallest absolute Gasteiger partial charge is 0.406 e. The Morgan fingerprint density at radius 2 is 1.64 bits per heavy atom. The van der Waals surface area contributed by atoms with E-state index in [1.807, 2.05) is 24.8 Å². The van der Waals surface area contributed by atoms with E-state index in [2.05, 4.69) is 4.74 Å². The Balaban J connectivity index is 0.00000136. The van der Waals surface area contributed by atoms with Crippen LogP contribution in [-0.4, -0.2) is 19.5 Å². The summed E-state index contributed by atoms with van der Waals surface area (Å²) in [5, 5.41) is 8.80. The second-order valence-corrected chi connectivity index (χ2v) is 6.16. The molecule has 1 fully saturated rings. The normalized spacial score (nSPS) is 14.7. The lowest BCUT2D eigenvalue weighted by molar-refractivity contribution is -0.274. The predicted molar refractivity (Wildman–Crippen MR) is 99.8 cm³/mol. The fourth-order valence-electron chi connectivity index (χ4n) is 3.23. The van der Waals surface area contributed by atoms with E-state index in [1.54, 1.807) is 24.3 Å². The molecule has 0 radical (unpaired) electrons. The second-order valence-electron chi connectivity index (χ2n) is 6.16. The third kappa shape index (κ3) is 5.62. The van der Waals surface area contributed by atoms with Gasteiger partial charge in [0.2, 0.25) is 0 Å². The van der Waals surface area contributed by atoms with Gasteiger partial charge >= 0.3 is 6.36 Å². The first kappa shape index (κ1) is 21.5. The molecular formula is C21H22F4N2O. The molecule has 0 atom stereocenters. The lowest BCUT2D eigenvalue weighted by Gasteiger charge is -2.34. The number of hydrogen-bond acceptors (Lipinski definition) is 3. The van der Waals surface area contributed by atoms with Crippen molar-refractivity contribution in [2.75, 3.05) is 18.0 Å². The van der Waals surface area contributed by atoms with Gasteiger partial charge in [0.1, 0.15) is 11.6 Å². The molecule has 0 saturated carbocycles. The SMILES string of the molecule is CC.N#Cc1ccc(N2CCC(c3ccc(OC(F)(F)F)cc3)CC2)c(F)c1. The van der Waals surface area contributed by atoms with Gasteiger partial charge in [-0.1, -0.05) is 26.0 Å². The molecular weight excluding hydrogens is 372 g/mol. The van der Waals surface area contributed by atoms with E-state index >= 15 is 0 Å². The van der Waals surface area contributed by atoms with Crippen LogP contribution >= 0.6 is 0 Å². The maximum atomic E-state index is 14.1. The molecule has 0 bridgehead atoms. The van der Waals surface area contributed by atoms with Crippen LogP contribution in [0.3, 0.4) is 0 Å². The largest absolute Gasteiger partial charge is 0.573 e. The average Bonchev–Trinajstić information content (AvgIpc) is 2.69. The van der Waals surface area contributed by atoms with Gasteiger partial charge in [-0.15, -0.1) is 13.2 Å². The van der Waals surface area contributed by atoms with Crippen molar-refractivity contribution in [1.29, 1.82) is 5.26 Å². The number of nitriles is 1. The Bertz CT molecular complexity index is 805. The van der Waals surface area contributed by atoms with Gasteiger partial charge in [0, 0.05) is 13.1 Å². The number of halogens is 4. The van der Waals surface area contributed by atoms with Crippen LogP contribution in [0.15, 0.2) is 42.5 Å². The molecule has 0 aromatic heterocycles. The van der Waals surface area contributed by atoms with E-state index in [1.165, 1.54) is 18.2 Å². The first-order chi connectivity index (χ1) is 13.4. The summed E-state index contributed by atoms with van der Waals surface area (Å²) in [6.45, 7) is 5.27. The topological polar surface area (TPSA) is 36.3 Å². The summed E-state index contributed by atoms with van der Waals surface area (Å²) < 4.78 is 54.6. The molecule has 0 amide bonds. The number of rotatable bonds is 3. The Morgan fingerprint density at radius 3 is 2.14 bits per heavy atom. The van der Waals surface area contributed by atoms with Gasteiger partial charge in [-0.2, -0.15) is 5.26 Å². The first-order valence-corrected chi connectivity index (χ1v) is 9.16. The van der Waals surface area contributed by atoms with E-state index in [9.17, 15) is 17.6 Å². The summed E-state index contributed by atoms with van der Waals surface area (Å²) in [4.78, 5) is 1.92. The molecule has 0 spiro atoms. The lowest BCUT2D eigenvalue weighted by Crippen LogP contribution is -2.33. The Labute approximate surface area is 162 Å². The fraction of sp³-hybridized carbons (Fsp3) is 0.381. The van der Waals surface area contributed by atoms with Crippen molar-refractivity contribution in [3.8, 4) is 11.8 Å². The summed E-state index contributed by atoms with van der Waals surface area (Å²) in [6.07, 6.45) is -3.17. The van der Waals surface area contributed by atoms with Crippen molar-refractivity contribution in [3.05, 3.63) is 59.4 Å². The number of anilines is 1. The van der Waals surface area contributed by atoms with E-state index in [4.69, 9.17) is 5.26 Å². The van der Waals surface area contributed by atoms with Crippen LogP contribution in [0.1, 0.15) is 43.7 Å². The maximum Gasteiger partial charge on any atom is 0.573 e. The van der Waals surface area contributed by atoms with Crippen LogP contribution in [0.4, 0.5) is 23.2 Å². The molecule has 7 heteroatoms. The van der Waals surface area contributed by atoms with Gasteiger partial charge in [-0.3, -0.25) is 0 Å². The van der Waals surface area contributed by atoms with Crippen LogP contribution in [0.2, 0.25) is 0 Å². The summed E-state index contributed by atoms with van der Waals surface area (Å²) in [6, 6.07) is 12.2. The van der Waals surface area contributed by atoms with Crippen molar-refractivity contribution in [2.24, 2.45) is 0 Å². The number of piperidine rings is 1. The van der Waals surface area contributed by atoms with Crippen LogP contribution in [0.5, 0.6) is 5.75 Å². The van der Waals surface area contributed by atoms with Crippen molar-refractivity contribution in [3.63, 3.8) is 0 Å². The van der Waals surface area contributed by atoms with Crippen LogP contribution in [0.25, 0.3) is 0 Å². The molecule has 1 aliphatic rings. The highest BCUT2D eigenvalue weighted by molar-refractivity contribution is 5.51. The summed E-state index contributed by atoms with van der Waals surface area (Å²) in [7, 11) is 0. The molecule has 1 saturated heterocycles. The monoisotopic (exact) mass is 394 g/mol. The minimum absolute atomic E-state index is 0.202. The Hall–Kier alpha value is -2.75. The van der Waals surface area contributed by atoms with Gasteiger partial charge < -0.3 is 9.64 Å². The molecule has 28 heavy (non-hydrogen) atoms. The number of ether oxygens (including phenoxy) is 1. The molecule has 150 valence electrons. The third-order valence-electron chi connectivity index (χ3n) is 4.50. The van der Waals surface area contributed by atoms with Crippen molar-refractivity contribution in [1.82, 2.24) is 0 Å². The second kappa shape index (κ2) is 9.45. The van der Waals surface area contributed by atoms with Crippen molar-refractivity contribution < 1.29 is 22.3 Å². The zero-order chi connectivity index (χ0) is 20.7. The molecule has 2 aromatic carbocycles. The van der Waals surface area contributed by atoms with Gasteiger partial charge in [-0.25, -0.2) is 4.39 Å². The minimum atomic E-state index is -4.70. The maximum absolute atomic E-state index is 14.1. The van der Waals surface area contributed by atoms with Crippen LogP contribution in [0, 0.1) is 17.1 Å². The first-order valence-electron chi connectivity index (χ1n) is 9.16. The fourth-order valence-corrected chi connectivity index (χ4v) is 3.23. The zero-order valence-corrected chi connectivity index (χ0v) is 15.8. The molecule has 0 aliphatic carbocycles. The standard InChI is InChI=1S/C19H16F4N2O.C2H6/c20-17-11-13(12-24)1-6-18(17)25-9-7-15(8-10-25)14-2-4-16(5-3-14)26-19(21,22)23;1-2/h1-6,11,15H,7-10H2;1-2H3. The van der Waals surface area contributed by atoms with E-state index in [0.29, 0.717) is 18.8 Å². The summed E-state index contributed by atoms with van der Waals surface area (Å²) in [5.41, 5.74) is 1.69. The third-order valence-corrected chi connectivity index (χ3v) is 4.50. The molecule has 0 N–H and O–H groups in total. The minimum Gasteiger partial charge on any atom is -0.406 e. The number of hydrogen-bond donors (Lipinski definition) is 0. The zero-order valence-electron chi connectivity index (χ0n) is 15.8. The van der Waals surface area contributed by atoms with E-state index in [-0.39, 0.29) is 17.2 Å². The summed E-state index contributed by atoms with van der Waals surface area (Å²) in [5.74, 6) is -0.456. The molecule has 0 unspecified atom stereocenters. The van der Waals surface area contributed by atoms with E-state index in [0.717, 1.165) is 18.4 Å². The molecule has 1 aliphatic heterocycles. The van der Waals surface area contributed by atoms with Gasteiger partial charge in [0.15, 0.2) is 0 Å². The quantitative estimate of drug-likeness (QED) is 0.599. The van der Waals surface area contributed by atoms with Crippen LogP contribution < -0.4 is 9.64 Å². The Morgan fingerprint density at radius 1 is 1.04 bits per heavy atom. The predicted octanol–water partition coefficient (Wildman–Crippen LogP) is 6.01. The average molecular weight is 394 g/mol. The highest BCUT2D eigenvalue weighted by Gasteiger charge is 2.31. The number of alkyl halides is 3.